The van der Waals surface area contributed by atoms with Crippen LogP contribution in [0.5, 0.6) is 17.2 Å². The molecule has 0 bridgehead atoms. The predicted molar refractivity (Wildman–Crippen MR) is 137 cm³/mol. The number of ether oxygens (including phenoxy) is 2. The van der Waals surface area contributed by atoms with E-state index in [1.165, 1.54) is 22.3 Å². The van der Waals surface area contributed by atoms with Crippen molar-refractivity contribution in [1.82, 2.24) is 4.98 Å². The van der Waals surface area contributed by atoms with Gasteiger partial charge in [0.15, 0.2) is 22.1 Å². The van der Waals surface area contributed by atoms with E-state index in [2.05, 4.69) is 0 Å². The number of rotatable bonds is 5. The van der Waals surface area contributed by atoms with Crippen molar-refractivity contribution in [1.29, 1.82) is 0 Å². The highest BCUT2D eigenvalue weighted by Gasteiger charge is 2.45. The summed E-state index contributed by atoms with van der Waals surface area (Å²) in [7, 11) is 1.59. The molecule has 8 nitrogen and oxygen atoms in total. The van der Waals surface area contributed by atoms with E-state index in [1.807, 2.05) is 19.1 Å². The first-order valence-electron chi connectivity index (χ1n) is 11.3. The number of hydrogen-bond acceptors (Lipinski definition) is 8. The van der Waals surface area contributed by atoms with Gasteiger partial charge in [0.05, 0.1) is 40.9 Å². The smallest absolute Gasteiger partial charge is 0.297 e. The number of methoxy groups -OCH3 is 1. The van der Waals surface area contributed by atoms with Gasteiger partial charge >= 0.3 is 0 Å². The van der Waals surface area contributed by atoms with Gasteiger partial charge in [-0.2, -0.15) is 0 Å². The summed E-state index contributed by atoms with van der Waals surface area (Å²) in [6.45, 7) is 2.15. The predicted octanol–water partition coefficient (Wildman–Crippen LogP) is 5.27. The maximum atomic E-state index is 13.8. The maximum Gasteiger partial charge on any atom is 0.297 e. The Balaban J connectivity index is 1.61. The third-order valence-corrected chi connectivity index (χ3v) is 7.18. The second-order valence-corrected chi connectivity index (χ2v) is 9.25. The third-order valence-electron chi connectivity index (χ3n) is 6.17. The van der Waals surface area contributed by atoms with Crippen LogP contribution in [-0.2, 0) is 0 Å². The van der Waals surface area contributed by atoms with Crippen molar-refractivity contribution in [3.8, 4) is 17.2 Å². The number of carbonyl (C=O) groups excluding carboxylic acids is 1. The standard InChI is InChI=1S/C27H20N2O6S/c1-3-34-20-12-14(8-11-18(20)30)23-22-24(31)16-6-4-5-7-19(16)35-25(22)26(32)29(23)27-28-17-10-9-15(33-2)13-21(17)36-27/h4-13,23,30H,3H2,1-2H3/t23-/m0/s1. The Morgan fingerprint density at radius 3 is 2.75 bits per heavy atom. The Kier molecular flexibility index (Phi) is 5.15. The van der Waals surface area contributed by atoms with Gasteiger partial charge in [-0.15, -0.1) is 0 Å². The fourth-order valence-corrected chi connectivity index (χ4v) is 5.55. The van der Waals surface area contributed by atoms with Gasteiger partial charge in [-0.05, 0) is 55.0 Å². The molecule has 0 radical (unpaired) electrons. The lowest BCUT2D eigenvalue weighted by molar-refractivity contribution is 0.0971. The van der Waals surface area contributed by atoms with Crippen LogP contribution < -0.4 is 19.8 Å². The summed E-state index contributed by atoms with van der Waals surface area (Å²) in [5.74, 6) is 0.416. The molecule has 5 aromatic rings. The number of anilines is 1. The summed E-state index contributed by atoms with van der Waals surface area (Å²) in [5, 5.41) is 11.1. The van der Waals surface area contributed by atoms with E-state index in [4.69, 9.17) is 18.9 Å². The van der Waals surface area contributed by atoms with Gasteiger partial charge in [0.1, 0.15) is 11.3 Å². The van der Waals surface area contributed by atoms with Crippen molar-refractivity contribution in [2.75, 3.05) is 18.6 Å². The SMILES string of the molecule is CCOc1cc([C@H]2c3c(oc4ccccc4c3=O)C(=O)N2c2nc3ccc(OC)cc3s2)ccc1O. The molecule has 6 rings (SSSR count). The number of nitrogens with zero attached hydrogens (tertiary/aromatic N) is 2. The number of benzene rings is 3. The minimum absolute atomic E-state index is 0.0217. The zero-order valence-corrected chi connectivity index (χ0v) is 20.2. The second kappa shape index (κ2) is 8.39. The molecular formula is C27H20N2O6S. The summed E-state index contributed by atoms with van der Waals surface area (Å²) in [4.78, 5) is 33.7. The van der Waals surface area contributed by atoms with Crippen LogP contribution in [0.2, 0.25) is 0 Å². The van der Waals surface area contributed by atoms with Gasteiger partial charge < -0.3 is 19.0 Å². The van der Waals surface area contributed by atoms with E-state index >= 15 is 0 Å². The lowest BCUT2D eigenvalue weighted by Gasteiger charge is -2.23. The largest absolute Gasteiger partial charge is 0.504 e. The zero-order chi connectivity index (χ0) is 25.0. The number of para-hydroxylation sites is 1. The van der Waals surface area contributed by atoms with Crippen molar-refractivity contribution in [3.63, 3.8) is 0 Å². The molecule has 0 saturated carbocycles. The fraction of sp³-hybridized carbons (Fsp3) is 0.148. The monoisotopic (exact) mass is 500 g/mol. The van der Waals surface area contributed by atoms with E-state index in [-0.39, 0.29) is 28.3 Å². The van der Waals surface area contributed by atoms with Gasteiger partial charge in [-0.1, -0.05) is 29.5 Å². The molecular weight excluding hydrogens is 480 g/mol. The first kappa shape index (κ1) is 22.1. The molecule has 9 heteroatoms. The summed E-state index contributed by atoms with van der Waals surface area (Å²) >= 11 is 1.31. The van der Waals surface area contributed by atoms with Crippen LogP contribution in [0.3, 0.4) is 0 Å². The molecule has 2 aromatic heterocycles. The van der Waals surface area contributed by atoms with E-state index in [0.717, 1.165) is 4.70 Å². The first-order chi connectivity index (χ1) is 17.5. The number of phenols is 1. The molecule has 3 heterocycles. The van der Waals surface area contributed by atoms with Crippen molar-refractivity contribution < 1.29 is 23.8 Å². The number of hydrogen-bond donors (Lipinski definition) is 1. The van der Waals surface area contributed by atoms with Gasteiger partial charge in [-0.25, -0.2) is 4.98 Å². The van der Waals surface area contributed by atoms with Crippen LogP contribution in [0.1, 0.15) is 34.6 Å². The summed E-state index contributed by atoms with van der Waals surface area (Å²) in [6, 6.07) is 16.3. The highest BCUT2D eigenvalue weighted by molar-refractivity contribution is 7.22. The summed E-state index contributed by atoms with van der Waals surface area (Å²) < 4.78 is 17.7. The molecule has 1 aliphatic heterocycles. The highest BCUT2D eigenvalue weighted by Crippen LogP contribution is 2.45. The summed E-state index contributed by atoms with van der Waals surface area (Å²) in [6.07, 6.45) is 0. The Hall–Kier alpha value is -4.37. The molecule has 36 heavy (non-hydrogen) atoms. The molecule has 0 unspecified atom stereocenters. The number of amides is 1. The molecule has 3 aromatic carbocycles. The molecule has 1 aliphatic rings. The maximum absolute atomic E-state index is 13.8. The van der Waals surface area contributed by atoms with Crippen LogP contribution in [0.4, 0.5) is 5.13 Å². The molecule has 1 atom stereocenters. The van der Waals surface area contributed by atoms with Crippen LogP contribution in [-0.4, -0.2) is 29.7 Å². The molecule has 0 spiro atoms. The Labute approximate surface area is 208 Å². The van der Waals surface area contributed by atoms with E-state index in [1.54, 1.807) is 49.6 Å². The minimum Gasteiger partial charge on any atom is -0.504 e. The van der Waals surface area contributed by atoms with Crippen LogP contribution in [0.25, 0.3) is 21.2 Å². The number of thiazole rings is 1. The van der Waals surface area contributed by atoms with Crippen molar-refractivity contribution in [2.45, 2.75) is 13.0 Å². The Morgan fingerprint density at radius 1 is 1.11 bits per heavy atom. The number of fused-ring (bicyclic) bond motifs is 3. The number of carbonyl (C=O) groups is 1. The van der Waals surface area contributed by atoms with Crippen molar-refractivity contribution >= 4 is 43.6 Å². The molecule has 0 aliphatic carbocycles. The van der Waals surface area contributed by atoms with Gasteiger partial charge in [-0.3, -0.25) is 14.5 Å². The lowest BCUT2D eigenvalue weighted by Crippen LogP contribution is -2.29. The molecule has 1 amide bonds. The summed E-state index contributed by atoms with van der Waals surface area (Å²) in [5.41, 5.74) is 1.56. The molecule has 0 saturated heterocycles. The normalized spacial score (nSPS) is 15.0. The number of phenolic OH excluding ortho intramolecular Hbond substituents is 1. The molecule has 180 valence electrons. The second-order valence-electron chi connectivity index (χ2n) is 8.24. The van der Waals surface area contributed by atoms with Crippen LogP contribution >= 0.6 is 11.3 Å². The van der Waals surface area contributed by atoms with Crippen LogP contribution in [0, 0.1) is 0 Å². The third kappa shape index (κ3) is 3.31. The lowest BCUT2D eigenvalue weighted by atomic mass is 9.98. The topological polar surface area (TPSA) is 102 Å². The van der Waals surface area contributed by atoms with E-state index < -0.39 is 11.9 Å². The van der Waals surface area contributed by atoms with E-state index in [9.17, 15) is 14.7 Å². The van der Waals surface area contributed by atoms with Crippen LogP contribution in [0.15, 0.2) is 69.9 Å². The number of aromatic hydroxyl groups is 1. The minimum atomic E-state index is -0.823. The van der Waals surface area contributed by atoms with Gasteiger partial charge in [0.25, 0.3) is 5.91 Å². The van der Waals surface area contributed by atoms with Crippen molar-refractivity contribution in [2.24, 2.45) is 0 Å². The average molecular weight is 501 g/mol. The molecule has 1 N–H and O–H groups in total. The van der Waals surface area contributed by atoms with Gasteiger partial charge in [0.2, 0.25) is 5.76 Å². The number of aromatic nitrogens is 1. The fourth-order valence-electron chi connectivity index (χ4n) is 4.53. The Morgan fingerprint density at radius 2 is 1.94 bits per heavy atom. The quantitative estimate of drug-likeness (QED) is 0.351. The van der Waals surface area contributed by atoms with E-state index in [0.29, 0.717) is 39.5 Å². The zero-order valence-electron chi connectivity index (χ0n) is 19.3. The van der Waals surface area contributed by atoms with Crippen molar-refractivity contribution in [3.05, 3.63) is 87.8 Å². The molecule has 0 fully saturated rings. The highest BCUT2D eigenvalue weighted by atomic mass is 32.1. The first-order valence-corrected chi connectivity index (χ1v) is 12.1. The Bertz CT molecular complexity index is 1720. The average Bonchev–Trinajstić information content (AvgIpc) is 3.43. The van der Waals surface area contributed by atoms with Gasteiger partial charge in [0, 0.05) is 0 Å².